The van der Waals surface area contributed by atoms with Crippen LogP contribution in [0.2, 0.25) is 0 Å². The second-order valence-corrected chi connectivity index (χ2v) is 7.96. The summed E-state index contributed by atoms with van der Waals surface area (Å²) in [5.74, 6) is 5.91. The van der Waals surface area contributed by atoms with E-state index in [2.05, 4.69) is 26.4 Å². The molecule has 1 fully saturated rings. The highest BCUT2D eigenvalue weighted by Crippen LogP contribution is 2.26. The topological polar surface area (TPSA) is 121 Å². The van der Waals surface area contributed by atoms with Crippen LogP contribution in [0.4, 0.5) is 0 Å². The van der Waals surface area contributed by atoms with Crippen LogP contribution in [0.3, 0.4) is 0 Å². The predicted octanol–water partition coefficient (Wildman–Crippen LogP) is 1.65. The lowest BCUT2D eigenvalue weighted by atomic mass is 9.82. The number of nitrogens with one attached hydrogen (secondary N) is 3. The van der Waals surface area contributed by atoms with Gasteiger partial charge in [0.25, 0.3) is 0 Å². The van der Waals surface area contributed by atoms with E-state index in [-0.39, 0.29) is 0 Å². The van der Waals surface area contributed by atoms with Crippen LogP contribution >= 0.6 is 0 Å². The molecule has 8 heteroatoms. The van der Waals surface area contributed by atoms with Gasteiger partial charge < -0.3 is 10.6 Å². The van der Waals surface area contributed by atoms with E-state index in [4.69, 9.17) is 5.84 Å². The summed E-state index contributed by atoms with van der Waals surface area (Å²) in [6, 6.07) is -1.02. The molecular formula is C16H34N6O2. The molecule has 0 radical (unpaired) electrons. The minimum atomic E-state index is -0.509. The van der Waals surface area contributed by atoms with Crippen molar-refractivity contribution in [1.29, 1.82) is 0 Å². The van der Waals surface area contributed by atoms with Crippen molar-refractivity contribution in [3.63, 3.8) is 0 Å². The maximum Gasteiger partial charge on any atom is 0.112 e. The van der Waals surface area contributed by atoms with E-state index in [1.165, 1.54) is 0 Å². The van der Waals surface area contributed by atoms with E-state index < -0.39 is 23.2 Å². The molecule has 0 saturated carbocycles. The Hall–Kier alpha value is -0.960. The fourth-order valence-corrected chi connectivity index (χ4v) is 3.30. The quantitative estimate of drug-likeness (QED) is 0.342. The molecule has 1 aliphatic rings. The first kappa shape index (κ1) is 21.1. The summed E-state index contributed by atoms with van der Waals surface area (Å²) in [5, 5.41) is 13.5. The molecule has 2 atom stereocenters. The average Bonchev–Trinajstić information content (AvgIpc) is 2.51. The monoisotopic (exact) mass is 342 g/mol. The van der Waals surface area contributed by atoms with E-state index >= 15 is 0 Å². The Kier molecular flexibility index (Phi) is 8.35. The van der Waals surface area contributed by atoms with Gasteiger partial charge in [0.05, 0.1) is 0 Å². The van der Waals surface area contributed by atoms with Crippen LogP contribution in [0.25, 0.3) is 0 Å². The minimum Gasteiger partial charge on any atom is -0.310 e. The third-order valence-corrected chi connectivity index (χ3v) is 5.33. The molecule has 0 spiro atoms. The van der Waals surface area contributed by atoms with Gasteiger partial charge in [-0.2, -0.15) is 9.81 Å². The first-order valence-electron chi connectivity index (χ1n) is 8.85. The normalized spacial score (nSPS) is 31.5. The van der Waals surface area contributed by atoms with Crippen LogP contribution in [-0.2, 0) is 0 Å². The SMILES string of the molecule is CC1(C)NCCC(CCNN)CCNC(C)(C)C(N=O)CC1N=O. The van der Waals surface area contributed by atoms with Gasteiger partial charge >= 0.3 is 0 Å². The van der Waals surface area contributed by atoms with Crippen molar-refractivity contribution in [3.8, 4) is 0 Å². The standard InChI is InChI=1S/C16H34N6O2/c1-15(2)13(21-23)11-14(22-24)16(3,4)19-9-6-12(5-8-18-15)7-10-20-17/h12-14,18-20H,5-11,17H2,1-4H3. The van der Waals surface area contributed by atoms with Crippen LogP contribution in [0.1, 0.15) is 53.4 Å². The molecular weight excluding hydrogens is 308 g/mol. The number of hydrogen-bond acceptors (Lipinski definition) is 8. The highest BCUT2D eigenvalue weighted by molar-refractivity contribution is 5.00. The van der Waals surface area contributed by atoms with Gasteiger partial charge in [0.15, 0.2) is 0 Å². The zero-order valence-electron chi connectivity index (χ0n) is 15.5. The molecule has 2 unspecified atom stereocenters. The fourth-order valence-electron chi connectivity index (χ4n) is 3.30. The Bertz CT molecular complexity index is 370. The number of nitrogens with zero attached hydrogens (tertiary/aromatic N) is 2. The number of nitroso groups, excluding NO2 is 2. The highest BCUT2D eigenvalue weighted by Gasteiger charge is 2.39. The zero-order chi connectivity index (χ0) is 18.2. The van der Waals surface area contributed by atoms with E-state index in [9.17, 15) is 9.81 Å². The summed E-state index contributed by atoms with van der Waals surface area (Å²) >= 11 is 0. The number of nitrogens with two attached hydrogens (primary N) is 1. The molecule has 8 nitrogen and oxygen atoms in total. The summed E-state index contributed by atoms with van der Waals surface area (Å²) in [6.07, 6.45) is 3.35. The van der Waals surface area contributed by atoms with Gasteiger partial charge in [0, 0.05) is 24.0 Å². The van der Waals surface area contributed by atoms with Gasteiger partial charge in [0.1, 0.15) is 12.1 Å². The van der Waals surface area contributed by atoms with Crippen molar-refractivity contribution in [3.05, 3.63) is 9.81 Å². The molecule has 0 amide bonds. The largest absolute Gasteiger partial charge is 0.310 e. The first-order valence-corrected chi connectivity index (χ1v) is 8.85. The summed E-state index contributed by atoms with van der Waals surface area (Å²) in [5.41, 5.74) is 1.76. The lowest BCUT2D eigenvalue weighted by molar-refractivity contribution is 0.224. The van der Waals surface area contributed by atoms with Gasteiger partial charge in [0.2, 0.25) is 0 Å². The summed E-state index contributed by atoms with van der Waals surface area (Å²) in [6.45, 7) is 10.2. The summed E-state index contributed by atoms with van der Waals surface area (Å²) in [4.78, 5) is 22.8. The average molecular weight is 342 g/mol. The van der Waals surface area contributed by atoms with E-state index in [1.54, 1.807) is 0 Å². The molecule has 0 aromatic carbocycles. The van der Waals surface area contributed by atoms with Gasteiger partial charge in [-0.15, -0.1) is 0 Å². The molecule has 24 heavy (non-hydrogen) atoms. The maximum absolute atomic E-state index is 11.4. The van der Waals surface area contributed by atoms with Crippen molar-refractivity contribution in [2.75, 3.05) is 19.6 Å². The molecule has 140 valence electrons. The third kappa shape index (κ3) is 6.16. The smallest absolute Gasteiger partial charge is 0.112 e. The van der Waals surface area contributed by atoms with Gasteiger partial charge in [-0.25, -0.2) is 0 Å². The fraction of sp³-hybridized carbons (Fsp3) is 1.00. The van der Waals surface area contributed by atoms with Crippen LogP contribution in [0.5, 0.6) is 0 Å². The number of hydrogen-bond donors (Lipinski definition) is 4. The van der Waals surface area contributed by atoms with Crippen LogP contribution < -0.4 is 21.9 Å². The maximum atomic E-state index is 11.4. The minimum absolute atomic E-state index is 0.341. The summed E-state index contributed by atoms with van der Waals surface area (Å²) in [7, 11) is 0. The molecule has 5 N–H and O–H groups in total. The molecule has 0 aromatic heterocycles. The van der Waals surface area contributed by atoms with Crippen molar-refractivity contribution >= 4 is 0 Å². The molecule has 1 rings (SSSR count). The van der Waals surface area contributed by atoms with Crippen molar-refractivity contribution in [2.24, 2.45) is 22.1 Å². The van der Waals surface area contributed by atoms with Crippen LogP contribution in [0, 0.1) is 15.7 Å². The third-order valence-electron chi connectivity index (χ3n) is 5.33. The van der Waals surface area contributed by atoms with Crippen molar-refractivity contribution < 1.29 is 0 Å². The Morgan fingerprint density at radius 1 is 1.00 bits per heavy atom. The first-order chi connectivity index (χ1) is 11.3. The number of hydrazine groups is 1. The highest BCUT2D eigenvalue weighted by atomic mass is 16.3. The van der Waals surface area contributed by atoms with E-state index in [0.29, 0.717) is 12.3 Å². The van der Waals surface area contributed by atoms with Crippen LogP contribution in [0.15, 0.2) is 10.4 Å². The lowest BCUT2D eigenvalue weighted by Gasteiger charge is -2.38. The molecule has 1 saturated heterocycles. The molecule has 1 heterocycles. The molecule has 0 aliphatic carbocycles. The summed E-state index contributed by atoms with van der Waals surface area (Å²) < 4.78 is 0. The van der Waals surface area contributed by atoms with Crippen LogP contribution in [-0.4, -0.2) is 42.8 Å². The Morgan fingerprint density at radius 3 is 1.83 bits per heavy atom. The van der Waals surface area contributed by atoms with E-state index in [1.807, 2.05) is 27.7 Å². The Balaban J connectivity index is 2.93. The molecule has 0 bridgehead atoms. The number of rotatable bonds is 5. The lowest BCUT2D eigenvalue weighted by Crippen LogP contribution is -2.55. The zero-order valence-corrected chi connectivity index (χ0v) is 15.5. The van der Waals surface area contributed by atoms with E-state index in [0.717, 1.165) is 38.9 Å². The van der Waals surface area contributed by atoms with Gasteiger partial charge in [-0.05, 0) is 66.0 Å². The second-order valence-electron chi connectivity index (χ2n) is 7.96. The predicted molar refractivity (Wildman–Crippen MR) is 97.5 cm³/mol. The Morgan fingerprint density at radius 2 is 1.46 bits per heavy atom. The van der Waals surface area contributed by atoms with Crippen molar-refractivity contribution in [2.45, 2.75) is 76.5 Å². The second kappa shape index (κ2) is 9.50. The Labute approximate surface area is 145 Å². The van der Waals surface area contributed by atoms with Gasteiger partial charge in [-0.3, -0.25) is 11.3 Å². The molecule has 1 aliphatic heterocycles. The van der Waals surface area contributed by atoms with Crippen molar-refractivity contribution in [1.82, 2.24) is 16.1 Å². The van der Waals surface area contributed by atoms with Gasteiger partial charge in [-0.1, -0.05) is 10.4 Å². The molecule has 0 aromatic rings.